The number of nitrogens with zero attached hydrogens (tertiary/aromatic N) is 2. The van der Waals surface area contributed by atoms with Crippen LogP contribution in [0.5, 0.6) is 0 Å². The van der Waals surface area contributed by atoms with Crippen LogP contribution >= 0.6 is 0 Å². The van der Waals surface area contributed by atoms with Crippen molar-refractivity contribution in [2.75, 3.05) is 0 Å². The summed E-state index contributed by atoms with van der Waals surface area (Å²) in [7, 11) is 0. The predicted molar refractivity (Wildman–Crippen MR) is 117 cm³/mol. The number of rotatable bonds is 3. The van der Waals surface area contributed by atoms with E-state index in [0.717, 1.165) is 64.1 Å². The van der Waals surface area contributed by atoms with Crippen LogP contribution in [-0.4, -0.2) is 19.9 Å². The number of aromatic nitrogens is 4. The molecular weight excluding hydrogens is 344 g/mol. The lowest BCUT2D eigenvalue weighted by molar-refractivity contribution is 0.795. The number of hydrogen-bond donors (Lipinski definition) is 2. The number of aromatic amines is 2. The fraction of sp³-hybridized carbons (Fsp3) is 0.167. The zero-order valence-corrected chi connectivity index (χ0v) is 15.9. The van der Waals surface area contributed by atoms with E-state index in [1.54, 1.807) is 0 Å². The molecule has 28 heavy (non-hydrogen) atoms. The normalized spacial score (nSPS) is 12.6. The number of nitrogens with one attached hydrogen (secondary N) is 2. The number of fused-ring (bicyclic) bond motifs is 8. The third-order valence-corrected chi connectivity index (χ3v) is 5.11. The first-order valence-corrected chi connectivity index (χ1v) is 9.83. The van der Waals surface area contributed by atoms with Gasteiger partial charge < -0.3 is 9.97 Å². The average molecular weight is 366 g/mol. The van der Waals surface area contributed by atoms with E-state index in [-0.39, 0.29) is 0 Å². The Hall–Kier alpha value is -3.40. The lowest BCUT2D eigenvalue weighted by Crippen LogP contribution is -1.90. The molecule has 0 saturated carbocycles. The molecular formula is C24H22N4. The van der Waals surface area contributed by atoms with Crippen molar-refractivity contribution in [2.24, 2.45) is 0 Å². The van der Waals surface area contributed by atoms with E-state index in [2.05, 4.69) is 71.5 Å². The Balaban J connectivity index is 1.82. The maximum Gasteiger partial charge on any atom is 0.0690 e. The van der Waals surface area contributed by atoms with Gasteiger partial charge in [0, 0.05) is 27.6 Å². The minimum atomic E-state index is 0.947. The highest BCUT2D eigenvalue weighted by Crippen LogP contribution is 2.22. The Bertz CT molecular complexity index is 1250. The summed E-state index contributed by atoms with van der Waals surface area (Å²) in [5, 5.41) is 0. The highest BCUT2D eigenvalue weighted by Gasteiger charge is 2.08. The minimum Gasteiger partial charge on any atom is -0.355 e. The molecule has 4 nitrogen and oxygen atoms in total. The molecule has 3 aromatic rings. The molecule has 0 radical (unpaired) electrons. The van der Waals surface area contributed by atoms with Crippen LogP contribution in [0.2, 0.25) is 0 Å². The summed E-state index contributed by atoms with van der Waals surface area (Å²) < 4.78 is 0. The number of H-pyrrole nitrogens is 2. The molecule has 4 heteroatoms. The summed E-state index contributed by atoms with van der Waals surface area (Å²) in [4.78, 5) is 16.6. The zero-order valence-electron chi connectivity index (χ0n) is 15.9. The highest BCUT2D eigenvalue weighted by molar-refractivity contribution is 5.79. The van der Waals surface area contributed by atoms with Crippen LogP contribution in [0.15, 0.2) is 42.5 Å². The fourth-order valence-corrected chi connectivity index (χ4v) is 3.68. The number of unbranched alkanes of at least 4 members (excludes halogenated alkanes) is 1. The first kappa shape index (κ1) is 16.8. The van der Waals surface area contributed by atoms with Crippen molar-refractivity contribution < 1.29 is 0 Å². The fourth-order valence-electron chi connectivity index (χ4n) is 3.68. The SMILES string of the molecule is CCCCc1c2nc(cc3ccc(cc4nc(cc5ccc1[nH]5)C=C4)[nH]3)C=C2. The average Bonchev–Trinajstić information content (AvgIpc) is 3.46. The van der Waals surface area contributed by atoms with E-state index in [0.29, 0.717) is 0 Å². The summed E-state index contributed by atoms with van der Waals surface area (Å²) in [5.74, 6) is 0. The Morgan fingerprint density at radius 1 is 0.714 bits per heavy atom. The quantitative estimate of drug-likeness (QED) is 0.411. The van der Waals surface area contributed by atoms with Crippen molar-refractivity contribution in [3.63, 3.8) is 0 Å². The Kier molecular flexibility index (Phi) is 4.17. The second kappa shape index (κ2) is 6.97. The monoisotopic (exact) mass is 366 g/mol. The van der Waals surface area contributed by atoms with E-state index in [1.807, 2.05) is 12.2 Å². The lowest BCUT2D eigenvalue weighted by atomic mass is 10.1. The Labute approximate surface area is 163 Å². The van der Waals surface area contributed by atoms with Gasteiger partial charge in [0.1, 0.15) is 0 Å². The van der Waals surface area contributed by atoms with E-state index in [1.165, 1.54) is 5.56 Å². The second-order valence-electron chi connectivity index (χ2n) is 7.26. The van der Waals surface area contributed by atoms with Gasteiger partial charge >= 0.3 is 0 Å². The zero-order chi connectivity index (χ0) is 18.9. The Morgan fingerprint density at radius 2 is 1.32 bits per heavy atom. The van der Waals surface area contributed by atoms with Gasteiger partial charge in [0.25, 0.3) is 0 Å². The van der Waals surface area contributed by atoms with Crippen molar-refractivity contribution in [2.45, 2.75) is 26.2 Å². The van der Waals surface area contributed by atoms with Crippen LogP contribution < -0.4 is 0 Å². The number of hydrogen-bond acceptors (Lipinski definition) is 2. The van der Waals surface area contributed by atoms with Crippen LogP contribution in [0.25, 0.3) is 46.4 Å². The maximum atomic E-state index is 4.89. The first-order chi connectivity index (χ1) is 13.8. The molecule has 8 bridgehead atoms. The van der Waals surface area contributed by atoms with Crippen molar-refractivity contribution >= 4 is 46.4 Å². The lowest BCUT2D eigenvalue weighted by Gasteiger charge is -2.01. The molecule has 2 aliphatic heterocycles. The van der Waals surface area contributed by atoms with E-state index >= 15 is 0 Å². The van der Waals surface area contributed by atoms with E-state index in [4.69, 9.17) is 9.97 Å². The summed E-state index contributed by atoms with van der Waals surface area (Å²) >= 11 is 0. The number of aryl methyl sites for hydroxylation is 1. The molecule has 138 valence electrons. The molecule has 0 atom stereocenters. The molecule has 0 amide bonds. The van der Waals surface area contributed by atoms with Crippen molar-refractivity contribution in [3.05, 3.63) is 70.8 Å². The molecule has 0 aromatic carbocycles. The third kappa shape index (κ3) is 3.29. The van der Waals surface area contributed by atoms with Gasteiger partial charge in [-0.15, -0.1) is 0 Å². The molecule has 0 aliphatic carbocycles. The van der Waals surface area contributed by atoms with Gasteiger partial charge in [-0.05, 0) is 79.6 Å². The highest BCUT2D eigenvalue weighted by atomic mass is 14.8. The summed E-state index contributed by atoms with van der Waals surface area (Å²) in [6.45, 7) is 2.22. The Morgan fingerprint density at radius 3 is 2.04 bits per heavy atom. The van der Waals surface area contributed by atoms with Crippen molar-refractivity contribution in [3.8, 4) is 0 Å². The summed E-state index contributed by atoms with van der Waals surface area (Å²) in [5.41, 5.74) is 9.45. The summed E-state index contributed by atoms with van der Waals surface area (Å²) in [6.07, 6.45) is 11.6. The maximum absolute atomic E-state index is 4.89. The molecule has 5 heterocycles. The largest absolute Gasteiger partial charge is 0.355 e. The summed E-state index contributed by atoms with van der Waals surface area (Å²) in [6, 6.07) is 14.6. The third-order valence-electron chi connectivity index (χ3n) is 5.11. The van der Waals surface area contributed by atoms with Gasteiger partial charge in [-0.1, -0.05) is 13.3 Å². The molecule has 5 rings (SSSR count). The molecule has 3 aromatic heterocycles. The van der Waals surface area contributed by atoms with E-state index in [9.17, 15) is 0 Å². The van der Waals surface area contributed by atoms with E-state index < -0.39 is 0 Å². The van der Waals surface area contributed by atoms with Gasteiger partial charge in [-0.25, -0.2) is 9.97 Å². The first-order valence-electron chi connectivity index (χ1n) is 9.83. The minimum absolute atomic E-state index is 0.947. The molecule has 0 unspecified atom stereocenters. The molecule has 0 spiro atoms. The van der Waals surface area contributed by atoms with Gasteiger partial charge in [0.15, 0.2) is 0 Å². The van der Waals surface area contributed by atoms with Crippen molar-refractivity contribution in [1.29, 1.82) is 0 Å². The van der Waals surface area contributed by atoms with Crippen LogP contribution in [0.1, 0.15) is 48.1 Å². The van der Waals surface area contributed by atoms with Gasteiger partial charge in [-0.3, -0.25) is 0 Å². The smallest absolute Gasteiger partial charge is 0.0690 e. The van der Waals surface area contributed by atoms with Crippen LogP contribution in [0, 0.1) is 0 Å². The van der Waals surface area contributed by atoms with Gasteiger partial charge in [0.2, 0.25) is 0 Å². The van der Waals surface area contributed by atoms with Crippen molar-refractivity contribution in [1.82, 2.24) is 19.9 Å². The molecule has 0 fully saturated rings. The van der Waals surface area contributed by atoms with Gasteiger partial charge in [-0.2, -0.15) is 0 Å². The predicted octanol–water partition coefficient (Wildman–Crippen LogP) is 6.00. The molecule has 2 aliphatic rings. The second-order valence-corrected chi connectivity index (χ2v) is 7.26. The van der Waals surface area contributed by atoms with Crippen LogP contribution in [0.4, 0.5) is 0 Å². The van der Waals surface area contributed by atoms with Crippen LogP contribution in [-0.2, 0) is 6.42 Å². The van der Waals surface area contributed by atoms with Gasteiger partial charge in [0.05, 0.1) is 22.8 Å². The standard InChI is InChI=1S/C24H22N4/c1-2-3-4-22-23-11-9-20(27-23)14-18-7-5-16(25-18)13-17-6-8-19(26-17)15-21-10-12-24(22)28-21/h5-15,25,28H,2-4H2,1H3. The molecule has 2 N–H and O–H groups in total. The van der Waals surface area contributed by atoms with Crippen LogP contribution in [0.3, 0.4) is 0 Å². The topological polar surface area (TPSA) is 57.4 Å². The molecule has 0 saturated heterocycles.